The van der Waals surface area contributed by atoms with Crippen LogP contribution in [0.5, 0.6) is 0 Å². The van der Waals surface area contributed by atoms with E-state index in [9.17, 15) is 4.79 Å². The summed E-state index contributed by atoms with van der Waals surface area (Å²) in [5.41, 5.74) is 3.60. The van der Waals surface area contributed by atoms with Crippen molar-refractivity contribution in [2.75, 3.05) is 26.2 Å². The Hall–Kier alpha value is -3.15. The van der Waals surface area contributed by atoms with Crippen molar-refractivity contribution in [3.05, 3.63) is 70.8 Å². The lowest BCUT2D eigenvalue weighted by Gasteiger charge is -2.22. The van der Waals surface area contributed by atoms with Gasteiger partial charge in [-0.15, -0.1) is 0 Å². The normalized spacial score (nSPS) is 14.7. The molecule has 0 aliphatic carbocycles. The summed E-state index contributed by atoms with van der Waals surface area (Å²) in [7, 11) is 0. The van der Waals surface area contributed by atoms with Gasteiger partial charge in [0.05, 0.1) is 23.3 Å². The molecule has 142 valence electrons. The van der Waals surface area contributed by atoms with Gasteiger partial charge in [-0.1, -0.05) is 24.3 Å². The summed E-state index contributed by atoms with van der Waals surface area (Å²) in [4.78, 5) is 17.0. The number of benzene rings is 2. The molecule has 1 aliphatic heterocycles. The molecule has 2 aromatic carbocycles. The van der Waals surface area contributed by atoms with Crippen LogP contribution in [0, 0.1) is 22.7 Å². The van der Waals surface area contributed by atoms with E-state index in [2.05, 4.69) is 17.0 Å². The molecule has 3 rings (SSSR count). The summed E-state index contributed by atoms with van der Waals surface area (Å²) in [6.45, 7) is 4.24. The number of nitriles is 2. The number of rotatable bonds is 5. The molecular formula is C23H24N4O. The van der Waals surface area contributed by atoms with Crippen molar-refractivity contribution in [3.63, 3.8) is 0 Å². The van der Waals surface area contributed by atoms with Gasteiger partial charge in [0.15, 0.2) is 0 Å². The Morgan fingerprint density at radius 1 is 0.821 bits per heavy atom. The molecule has 0 aromatic heterocycles. The third kappa shape index (κ3) is 5.42. The Morgan fingerprint density at radius 2 is 1.43 bits per heavy atom. The third-order valence-corrected chi connectivity index (χ3v) is 5.14. The van der Waals surface area contributed by atoms with Gasteiger partial charge in [-0.2, -0.15) is 10.5 Å². The van der Waals surface area contributed by atoms with E-state index in [-0.39, 0.29) is 5.91 Å². The topological polar surface area (TPSA) is 71.1 Å². The lowest BCUT2D eigenvalue weighted by atomic mass is 10.1. The predicted octanol–water partition coefficient (Wildman–Crippen LogP) is 3.10. The number of carbonyl (C=O) groups excluding carboxylic acids is 1. The fourth-order valence-electron chi connectivity index (χ4n) is 3.48. The maximum Gasteiger partial charge on any atom is 0.222 e. The number of amides is 1. The Labute approximate surface area is 166 Å². The van der Waals surface area contributed by atoms with Crippen LogP contribution in [-0.2, 0) is 17.8 Å². The predicted molar refractivity (Wildman–Crippen MR) is 107 cm³/mol. The summed E-state index contributed by atoms with van der Waals surface area (Å²) < 4.78 is 0. The molecule has 0 spiro atoms. The first-order chi connectivity index (χ1) is 13.7. The summed E-state index contributed by atoms with van der Waals surface area (Å²) >= 11 is 0. The van der Waals surface area contributed by atoms with Gasteiger partial charge in [-0.05, 0) is 48.2 Å². The van der Waals surface area contributed by atoms with Crippen molar-refractivity contribution in [3.8, 4) is 12.1 Å². The molecule has 0 N–H and O–H groups in total. The summed E-state index contributed by atoms with van der Waals surface area (Å²) in [6, 6.07) is 19.4. The molecule has 5 heteroatoms. The van der Waals surface area contributed by atoms with Crippen molar-refractivity contribution in [2.24, 2.45) is 0 Å². The fourth-order valence-corrected chi connectivity index (χ4v) is 3.48. The fraction of sp³-hybridized carbons (Fsp3) is 0.348. The van der Waals surface area contributed by atoms with Gasteiger partial charge in [-0.25, -0.2) is 0 Å². The zero-order chi connectivity index (χ0) is 19.8. The molecule has 1 amide bonds. The molecule has 1 fully saturated rings. The molecule has 0 saturated carbocycles. The molecule has 1 saturated heterocycles. The highest BCUT2D eigenvalue weighted by Crippen LogP contribution is 2.12. The van der Waals surface area contributed by atoms with E-state index in [1.165, 1.54) is 5.56 Å². The highest BCUT2D eigenvalue weighted by molar-refractivity contribution is 5.76. The van der Waals surface area contributed by atoms with Gasteiger partial charge in [0.25, 0.3) is 0 Å². The van der Waals surface area contributed by atoms with Gasteiger partial charge < -0.3 is 4.90 Å². The average molecular weight is 372 g/mol. The van der Waals surface area contributed by atoms with E-state index >= 15 is 0 Å². The minimum atomic E-state index is 0.199. The zero-order valence-electron chi connectivity index (χ0n) is 16.0. The van der Waals surface area contributed by atoms with Crippen molar-refractivity contribution >= 4 is 5.91 Å². The van der Waals surface area contributed by atoms with E-state index in [0.717, 1.165) is 44.7 Å². The van der Waals surface area contributed by atoms with Gasteiger partial charge in [0, 0.05) is 39.1 Å². The smallest absolute Gasteiger partial charge is 0.222 e. The van der Waals surface area contributed by atoms with Crippen LogP contribution in [0.1, 0.15) is 35.1 Å². The molecule has 1 aliphatic rings. The molecule has 1 heterocycles. The largest absolute Gasteiger partial charge is 0.341 e. The van der Waals surface area contributed by atoms with Crippen molar-refractivity contribution < 1.29 is 4.79 Å². The lowest BCUT2D eigenvalue weighted by Crippen LogP contribution is -2.35. The number of nitrogens with zero attached hydrogens (tertiary/aromatic N) is 4. The summed E-state index contributed by atoms with van der Waals surface area (Å²) in [6.07, 6.45) is 2.18. The number of aryl methyl sites for hydroxylation is 1. The molecule has 0 bridgehead atoms. The Bertz CT molecular complexity index is 875. The summed E-state index contributed by atoms with van der Waals surface area (Å²) in [5.74, 6) is 0.199. The van der Waals surface area contributed by atoms with Crippen LogP contribution >= 0.6 is 0 Å². The van der Waals surface area contributed by atoms with Crippen molar-refractivity contribution in [1.82, 2.24) is 9.80 Å². The Kier molecular flexibility index (Phi) is 6.78. The quantitative estimate of drug-likeness (QED) is 0.809. The average Bonchev–Trinajstić information content (AvgIpc) is 2.98. The molecule has 0 radical (unpaired) electrons. The minimum absolute atomic E-state index is 0.199. The van der Waals surface area contributed by atoms with Gasteiger partial charge in [0.2, 0.25) is 5.91 Å². The molecule has 0 unspecified atom stereocenters. The van der Waals surface area contributed by atoms with Gasteiger partial charge >= 0.3 is 0 Å². The van der Waals surface area contributed by atoms with Crippen LogP contribution in [0.15, 0.2) is 48.5 Å². The van der Waals surface area contributed by atoms with Crippen LogP contribution in [0.4, 0.5) is 0 Å². The third-order valence-electron chi connectivity index (χ3n) is 5.14. The standard InChI is InChI=1S/C23H24N4O/c24-16-20-4-2-19(3-5-20)10-11-23(28)27-13-1-12-26(14-15-27)18-22-8-6-21(17-25)7-9-22/h2-9H,1,10-15,18H2. The van der Waals surface area contributed by atoms with Crippen molar-refractivity contribution in [1.29, 1.82) is 10.5 Å². The van der Waals surface area contributed by atoms with E-state index in [1.54, 1.807) is 12.1 Å². The lowest BCUT2D eigenvalue weighted by molar-refractivity contribution is -0.131. The summed E-state index contributed by atoms with van der Waals surface area (Å²) in [5, 5.41) is 17.8. The van der Waals surface area contributed by atoms with E-state index in [1.807, 2.05) is 41.3 Å². The van der Waals surface area contributed by atoms with Crippen LogP contribution in [0.2, 0.25) is 0 Å². The maximum absolute atomic E-state index is 12.6. The first-order valence-electron chi connectivity index (χ1n) is 9.66. The first-order valence-corrected chi connectivity index (χ1v) is 9.66. The van der Waals surface area contributed by atoms with Crippen LogP contribution in [-0.4, -0.2) is 41.9 Å². The van der Waals surface area contributed by atoms with Crippen molar-refractivity contribution in [2.45, 2.75) is 25.8 Å². The maximum atomic E-state index is 12.6. The Morgan fingerprint density at radius 3 is 2.04 bits per heavy atom. The second-order valence-corrected chi connectivity index (χ2v) is 7.13. The zero-order valence-corrected chi connectivity index (χ0v) is 16.0. The molecule has 2 aromatic rings. The molecule has 28 heavy (non-hydrogen) atoms. The molecular weight excluding hydrogens is 348 g/mol. The van der Waals surface area contributed by atoms with Crippen LogP contribution in [0.3, 0.4) is 0 Å². The van der Waals surface area contributed by atoms with Crippen LogP contribution < -0.4 is 0 Å². The minimum Gasteiger partial charge on any atom is -0.341 e. The highest BCUT2D eigenvalue weighted by atomic mass is 16.2. The monoisotopic (exact) mass is 372 g/mol. The van der Waals surface area contributed by atoms with E-state index < -0.39 is 0 Å². The number of carbonyl (C=O) groups is 1. The number of hydrogen-bond donors (Lipinski definition) is 0. The van der Waals surface area contributed by atoms with Gasteiger partial charge in [0.1, 0.15) is 0 Å². The SMILES string of the molecule is N#Cc1ccc(CCC(=O)N2CCCN(Cc3ccc(C#N)cc3)CC2)cc1. The molecule has 5 nitrogen and oxygen atoms in total. The van der Waals surface area contributed by atoms with E-state index in [4.69, 9.17) is 10.5 Å². The van der Waals surface area contributed by atoms with Crippen LogP contribution in [0.25, 0.3) is 0 Å². The second kappa shape index (κ2) is 9.69. The van der Waals surface area contributed by atoms with E-state index in [0.29, 0.717) is 24.0 Å². The number of hydrogen-bond acceptors (Lipinski definition) is 4. The highest BCUT2D eigenvalue weighted by Gasteiger charge is 2.19. The second-order valence-electron chi connectivity index (χ2n) is 7.13. The molecule has 0 atom stereocenters. The Balaban J connectivity index is 1.47. The first kappa shape index (κ1) is 19.6. The van der Waals surface area contributed by atoms with Gasteiger partial charge in [-0.3, -0.25) is 9.69 Å².